The second-order valence-corrected chi connectivity index (χ2v) is 4.27. The number of rotatable bonds is 2. The first-order valence-electron chi connectivity index (χ1n) is 5.53. The number of likely N-dealkylation sites (tertiary alicyclic amines) is 1. The standard InChI is InChI=1S/C13H18NO/c1-11-5-7-12(8-6-11)15-13-4-3-9-14(2)10-13/h5-8,13H,2-4,9-10H2,1H3/q-1. The number of nitrogens with zero attached hydrogens (tertiary/aromatic N) is 1. The van der Waals surface area contributed by atoms with Gasteiger partial charge in [0.2, 0.25) is 0 Å². The Bertz CT molecular complexity index is 307. The van der Waals surface area contributed by atoms with E-state index in [0.29, 0.717) is 6.10 Å². The molecule has 1 atom stereocenters. The van der Waals surface area contributed by atoms with Crippen molar-refractivity contribution in [2.75, 3.05) is 13.1 Å². The quantitative estimate of drug-likeness (QED) is 0.687. The molecule has 15 heavy (non-hydrogen) atoms. The van der Waals surface area contributed by atoms with E-state index in [1.54, 1.807) is 0 Å². The van der Waals surface area contributed by atoms with Crippen molar-refractivity contribution in [3.8, 4) is 5.75 Å². The highest BCUT2D eigenvalue weighted by Gasteiger charge is 2.15. The third-order valence-corrected chi connectivity index (χ3v) is 2.79. The minimum Gasteiger partial charge on any atom is -0.489 e. The van der Waals surface area contributed by atoms with E-state index in [1.807, 2.05) is 12.1 Å². The van der Waals surface area contributed by atoms with Gasteiger partial charge in [-0.25, -0.2) is 0 Å². The minimum atomic E-state index is 0.305. The van der Waals surface area contributed by atoms with Crippen LogP contribution in [-0.4, -0.2) is 24.1 Å². The Kier molecular flexibility index (Phi) is 3.27. The molecule has 2 rings (SSSR count). The molecule has 0 saturated carbocycles. The highest BCUT2D eigenvalue weighted by Crippen LogP contribution is 2.18. The number of piperidine rings is 1. The molecule has 1 aliphatic heterocycles. The first-order valence-corrected chi connectivity index (χ1v) is 5.53. The van der Waals surface area contributed by atoms with Crippen LogP contribution in [0.25, 0.3) is 0 Å². The Morgan fingerprint density at radius 1 is 1.33 bits per heavy atom. The molecule has 1 aromatic carbocycles. The molecule has 2 nitrogen and oxygen atoms in total. The van der Waals surface area contributed by atoms with Crippen LogP contribution in [0.4, 0.5) is 0 Å². The van der Waals surface area contributed by atoms with E-state index in [0.717, 1.165) is 25.3 Å². The summed E-state index contributed by atoms with van der Waals surface area (Å²) < 4.78 is 5.90. The fourth-order valence-electron chi connectivity index (χ4n) is 1.92. The van der Waals surface area contributed by atoms with Gasteiger partial charge in [-0.15, -0.1) is 0 Å². The molecular weight excluding hydrogens is 186 g/mol. The molecule has 0 amide bonds. The Labute approximate surface area is 91.9 Å². The van der Waals surface area contributed by atoms with Crippen molar-refractivity contribution in [3.05, 3.63) is 36.9 Å². The summed E-state index contributed by atoms with van der Waals surface area (Å²) in [5.41, 5.74) is 1.27. The molecule has 1 aromatic rings. The van der Waals surface area contributed by atoms with Gasteiger partial charge >= 0.3 is 0 Å². The zero-order valence-electron chi connectivity index (χ0n) is 9.28. The summed E-state index contributed by atoms with van der Waals surface area (Å²) in [5.74, 6) is 0.973. The predicted octanol–water partition coefficient (Wildman–Crippen LogP) is 2.63. The molecule has 1 fully saturated rings. The fraction of sp³-hybridized carbons (Fsp3) is 0.462. The van der Waals surface area contributed by atoms with Crippen LogP contribution in [0.3, 0.4) is 0 Å². The van der Waals surface area contributed by atoms with Gasteiger partial charge in [0.25, 0.3) is 0 Å². The van der Waals surface area contributed by atoms with Crippen LogP contribution in [0, 0.1) is 14.0 Å². The minimum absolute atomic E-state index is 0.305. The smallest absolute Gasteiger partial charge is 0.119 e. The molecule has 0 aromatic heterocycles. The van der Waals surface area contributed by atoms with E-state index >= 15 is 0 Å². The van der Waals surface area contributed by atoms with E-state index in [9.17, 15) is 0 Å². The summed E-state index contributed by atoms with van der Waals surface area (Å²) in [7, 11) is 3.96. The molecule has 1 aliphatic rings. The van der Waals surface area contributed by atoms with E-state index in [2.05, 4.69) is 31.0 Å². The molecule has 0 aliphatic carbocycles. The Balaban J connectivity index is 1.93. The lowest BCUT2D eigenvalue weighted by Crippen LogP contribution is -2.37. The highest BCUT2D eigenvalue weighted by atomic mass is 16.5. The molecular formula is C13H18NO-. The van der Waals surface area contributed by atoms with Crippen molar-refractivity contribution in [3.63, 3.8) is 0 Å². The van der Waals surface area contributed by atoms with Gasteiger partial charge in [-0.05, 0) is 38.4 Å². The summed E-state index contributed by atoms with van der Waals surface area (Å²) in [5, 5.41) is 0. The second kappa shape index (κ2) is 4.67. The molecule has 0 spiro atoms. The topological polar surface area (TPSA) is 12.5 Å². The second-order valence-electron chi connectivity index (χ2n) is 4.27. The zero-order chi connectivity index (χ0) is 10.7. The van der Waals surface area contributed by atoms with Gasteiger partial charge < -0.3 is 9.64 Å². The predicted molar refractivity (Wildman–Crippen MR) is 61.8 cm³/mol. The summed E-state index contributed by atoms with van der Waals surface area (Å²) in [6.45, 7) is 4.11. The molecule has 0 bridgehead atoms. The van der Waals surface area contributed by atoms with E-state index in [1.165, 1.54) is 12.0 Å². The van der Waals surface area contributed by atoms with Gasteiger partial charge in [-0.2, -0.15) is 0 Å². The molecule has 0 N–H and O–H groups in total. The van der Waals surface area contributed by atoms with Crippen molar-refractivity contribution < 1.29 is 4.74 Å². The van der Waals surface area contributed by atoms with Gasteiger partial charge in [0, 0.05) is 6.54 Å². The summed E-state index contributed by atoms with van der Waals surface area (Å²) in [6, 6.07) is 8.25. The van der Waals surface area contributed by atoms with E-state index < -0.39 is 0 Å². The summed E-state index contributed by atoms with van der Waals surface area (Å²) in [6.07, 6.45) is 2.62. The number of ether oxygens (including phenoxy) is 1. The fourth-order valence-corrected chi connectivity index (χ4v) is 1.92. The molecule has 1 saturated heterocycles. The van der Waals surface area contributed by atoms with Crippen molar-refractivity contribution >= 4 is 0 Å². The Morgan fingerprint density at radius 3 is 2.73 bits per heavy atom. The number of aryl methyl sites for hydroxylation is 1. The Morgan fingerprint density at radius 2 is 2.07 bits per heavy atom. The van der Waals surface area contributed by atoms with Gasteiger partial charge in [0.05, 0.1) is 0 Å². The Hall–Kier alpha value is -1.02. The average molecular weight is 204 g/mol. The van der Waals surface area contributed by atoms with Crippen LogP contribution in [-0.2, 0) is 0 Å². The van der Waals surface area contributed by atoms with E-state index in [-0.39, 0.29) is 0 Å². The largest absolute Gasteiger partial charge is 0.489 e. The van der Waals surface area contributed by atoms with Crippen molar-refractivity contribution in [1.82, 2.24) is 4.90 Å². The number of benzene rings is 1. The SMILES string of the molecule is [CH2-]N1CCCC(Oc2ccc(C)cc2)C1. The monoisotopic (exact) mass is 204 g/mol. The maximum atomic E-state index is 5.90. The molecule has 1 unspecified atom stereocenters. The first-order chi connectivity index (χ1) is 7.24. The number of hydrogen-bond acceptors (Lipinski definition) is 2. The van der Waals surface area contributed by atoms with Gasteiger partial charge in [-0.3, -0.25) is 7.05 Å². The third-order valence-electron chi connectivity index (χ3n) is 2.79. The highest BCUT2D eigenvalue weighted by molar-refractivity contribution is 5.26. The maximum absolute atomic E-state index is 5.90. The molecule has 2 heteroatoms. The van der Waals surface area contributed by atoms with Crippen molar-refractivity contribution in [2.45, 2.75) is 25.9 Å². The summed E-state index contributed by atoms with van der Waals surface area (Å²) in [4.78, 5) is 2.09. The molecule has 0 radical (unpaired) electrons. The van der Waals surface area contributed by atoms with Gasteiger partial charge in [-0.1, -0.05) is 17.7 Å². The average Bonchev–Trinajstić information content (AvgIpc) is 2.22. The van der Waals surface area contributed by atoms with Crippen LogP contribution in [0.15, 0.2) is 24.3 Å². The van der Waals surface area contributed by atoms with Crippen molar-refractivity contribution in [2.24, 2.45) is 0 Å². The normalized spacial score (nSPS) is 22.7. The maximum Gasteiger partial charge on any atom is 0.119 e. The first kappa shape index (κ1) is 10.5. The van der Waals surface area contributed by atoms with Gasteiger partial charge in [0.15, 0.2) is 0 Å². The van der Waals surface area contributed by atoms with Crippen LogP contribution < -0.4 is 4.74 Å². The lowest BCUT2D eigenvalue weighted by molar-refractivity contribution is 0.113. The molecule has 82 valence electrons. The number of hydrogen-bond donors (Lipinski definition) is 0. The lowest BCUT2D eigenvalue weighted by atomic mass is 10.1. The third kappa shape index (κ3) is 2.96. The van der Waals surface area contributed by atoms with Gasteiger partial charge in [0.1, 0.15) is 11.9 Å². The van der Waals surface area contributed by atoms with Crippen molar-refractivity contribution in [1.29, 1.82) is 0 Å². The van der Waals surface area contributed by atoms with Crippen LogP contribution in [0.2, 0.25) is 0 Å². The van der Waals surface area contributed by atoms with E-state index in [4.69, 9.17) is 4.74 Å². The van der Waals surface area contributed by atoms with Crippen LogP contribution in [0.5, 0.6) is 5.75 Å². The van der Waals surface area contributed by atoms with Crippen LogP contribution in [0.1, 0.15) is 18.4 Å². The molecule has 1 heterocycles. The van der Waals surface area contributed by atoms with Crippen LogP contribution >= 0.6 is 0 Å². The lowest BCUT2D eigenvalue weighted by Gasteiger charge is -2.35. The summed E-state index contributed by atoms with van der Waals surface area (Å²) >= 11 is 0. The zero-order valence-corrected chi connectivity index (χ0v) is 9.28.